The standard InChI is InChI=1S/C12H22Si.2C7H9.2ClH.Zr/c1-3-7-11(8-4-1)13-12-9-5-2-6-10-12;2*1-6-4-3-5-7(6)2;;;/h11-12H,1-10H2;2*3-5H,1-2H3;2*1H;/q;2*-1;;;+2/p-2. The van der Waals surface area contributed by atoms with Gasteiger partial charge in [0.2, 0.25) is 0 Å². The van der Waals surface area contributed by atoms with Gasteiger partial charge in [-0.2, -0.15) is 46.5 Å². The molecule has 0 bridgehead atoms. The third kappa shape index (κ3) is 10.8. The molecular weight excluding hydrogens is 503 g/mol. The van der Waals surface area contributed by atoms with Crippen molar-refractivity contribution in [1.29, 1.82) is 0 Å². The van der Waals surface area contributed by atoms with Crippen LogP contribution in [0, 0.1) is 27.7 Å². The van der Waals surface area contributed by atoms with Gasteiger partial charge >= 0.3 is 104 Å². The van der Waals surface area contributed by atoms with E-state index in [0.717, 1.165) is 0 Å². The van der Waals surface area contributed by atoms with Gasteiger partial charge < -0.3 is 24.8 Å². The van der Waals surface area contributed by atoms with Crippen molar-refractivity contribution < 1.29 is 48.1 Å². The maximum absolute atomic E-state index is 2.12. The fourth-order valence-corrected chi connectivity index (χ4v) is 11.3. The van der Waals surface area contributed by atoms with E-state index in [1.807, 2.05) is 23.3 Å². The van der Waals surface area contributed by atoms with Gasteiger partial charge in [-0.25, -0.2) is 12.1 Å². The first kappa shape index (κ1) is 30.4. The Kier molecular flexibility index (Phi) is 17.2. The van der Waals surface area contributed by atoms with Crippen molar-refractivity contribution in [2.75, 3.05) is 0 Å². The van der Waals surface area contributed by atoms with E-state index in [1.165, 1.54) is 46.2 Å². The van der Waals surface area contributed by atoms with Gasteiger partial charge in [-0.1, -0.05) is 27.7 Å². The summed E-state index contributed by atoms with van der Waals surface area (Å²) < 4.78 is 0. The van der Waals surface area contributed by atoms with Crippen LogP contribution in [0.4, 0.5) is 0 Å². The molecule has 0 spiro atoms. The normalized spacial score (nSPS) is 16.7. The van der Waals surface area contributed by atoms with E-state index >= 15 is 0 Å². The Hall–Kier alpha value is 0.380. The average Bonchev–Trinajstić information content (AvgIpc) is 3.30. The molecule has 168 valence electrons. The molecule has 2 aromatic carbocycles. The Balaban J connectivity index is 0.000000448. The summed E-state index contributed by atoms with van der Waals surface area (Å²) in [6.45, 7) is 8.48. The Morgan fingerprint density at radius 3 is 1.20 bits per heavy atom. The van der Waals surface area contributed by atoms with Crippen LogP contribution in [-0.2, 0) is 23.3 Å². The van der Waals surface area contributed by atoms with Crippen molar-refractivity contribution in [2.45, 2.75) is 103 Å². The van der Waals surface area contributed by atoms with Crippen LogP contribution in [0.25, 0.3) is 0 Å². The van der Waals surface area contributed by atoms with Crippen molar-refractivity contribution in [3.8, 4) is 0 Å². The molecule has 0 saturated heterocycles. The predicted octanol–water partition coefficient (Wildman–Crippen LogP) is 2.25. The molecule has 0 radical (unpaired) electrons. The summed E-state index contributed by atoms with van der Waals surface area (Å²) in [4.78, 5) is 0. The monoisotopic (exact) mass is 540 g/mol. The van der Waals surface area contributed by atoms with Gasteiger partial charge in [0.1, 0.15) is 0 Å². The SMILES string of the molecule is Cc1cc[cH-]c1C.Cc1cc[cH-]c1C.[Cl-].[Cl-].[Zr+2]=[Si](C1CCCCC1)C1CCCCC1. The molecule has 30 heavy (non-hydrogen) atoms. The molecule has 0 nitrogen and oxygen atoms in total. The van der Waals surface area contributed by atoms with E-state index in [9.17, 15) is 0 Å². The minimum absolute atomic E-state index is 0. The van der Waals surface area contributed by atoms with E-state index < -0.39 is 0 Å². The fourth-order valence-electron chi connectivity index (χ4n) is 4.36. The zero-order valence-corrected chi connectivity index (χ0v) is 24.4. The molecule has 2 aromatic rings. The van der Waals surface area contributed by atoms with Gasteiger partial charge in [0.05, 0.1) is 0 Å². The summed E-state index contributed by atoms with van der Waals surface area (Å²) in [5.41, 5.74) is 8.12. The molecule has 0 heterocycles. The zero-order chi connectivity index (χ0) is 20.4. The van der Waals surface area contributed by atoms with Crippen molar-refractivity contribution in [3.05, 3.63) is 58.7 Å². The topological polar surface area (TPSA) is 0 Å². The molecule has 2 aliphatic carbocycles. The van der Waals surface area contributed by atoms with Gasteiger partial charge in [0.25, 0.3) is 0 Å². The molecular formula is C26H40Cl2SiZr-2. The van der Waals surface area contributed by atoms with E-state index in [2.05, 4.69) is 64.1 Å². The summed E-state index contributed by atoms with van der Waals surface area (Å²) in [5, 5.41) is 0. The molecule has 4 rings (SSSR count). The van der Waals surface area contributed by atoms with Crippen molar-refractivity contribution in [1.82, 2.24) is 0 Å². The number of hydrogen-bond acceptors (Lipinski definition) is 0. The quantitative estimate of drug-likeness (QED) is 0.404. The second-order valence-electron chi connectivity index (χ2n) is 8.91. The van der Waals surface area contributed by atoms with Gasteiger partial charge in [-0.15, -0.1) is 0 Å². The third-order valence-electron chi connectivity index (χ3n) is 6.72. The Morgan fingerprint density at radius 1 is 0.667 bits per heavy atom. The average molecular weight is 543 g/mol. The summed E-state index contributed by atoms with van der Waals surface area (Å²) in [7, 11) is 0. The third-order valence-corrected chi connectivity index (χ3v) is 15.7. The molecule has 0 N–H and O–H groups in total. The molecule has 0 aliphatic heterocycles. The van der Waals surface area contributed by atoms with Crippen LogP contribution in [0.15, 0.2) is 36.4 Å². The van der Waals surface area contributed by atoms with Gasteiger partial charge in [0.15, 0.2) is 0 Å². The molecule has 0 amide bonds. The van der Waals surface area contributed by atoms with Crippen molar-refractivity contribution in [3.63, 3.8) is 0 Å². The molecule has 0 atom stereocenters. The second-order valence-corrected chi connectivity index (χ2v) is 15.7. The van der Waals surface area contributed by atoms with Crippen molar-refractivity contribution >= 4 is 5.43 Å². The van der Waals surface area contributed by atoms with Crippen LogP contribution < -0.4 is 24.8 Å². The van der Waals surface area contributed by atoms with Gasteiger partial charge in [-0.3, -0.25) is 0 Å². The molecule has 2 fully saturated rings. The fraction of sp³-hybridized carbons (Fsp3) is 0.615. The number of aryl methyl sites for hydroxylation is 4. The van der Waals surface area contributed by atoms with Crippen LogP contribution in [-0.4, -0.2) is 5.43 Å². The summed E-state index contributed by atoms with van der Waals surface area (Å²) in [6, 6.07) is 12.6. The zero-order valence-electron chi connectivity index (χ0n) is 19.4. The summed E-state index contributed by atoms with van der Waals surface area (Å²) in [6.07, 6.45) is 15.7. The van der Waals surface area contributed by atoms with Crippen LogP contribution in [0.5, 0.6) is 0 Å². The Labute approximate surface area is 213 Å². The van der Waals surface area contributed by atoms with Crippen molar-refractivity contribution in [2.24, 2.45) is 0 Å². The minimum atomic E-state index is 0. The molecule has 2 aliphatic rings. The molecule has 0 aromatic heterocycles. The van der Waals surface area contributed by atoms with E-state index in [0.29, 0.717) is 0 Å². The molecule has 0 unspecified atom stereocenters. The first-order valence-corrected chi connectivity index (χ1v) is 16.8. The van der Waals surface area contributed by atoms with E-state index in [4.69, 9.17) is 0 Å². The number of rotatable bonds is 2. The number of halogens is 2. The number of hydrogen-bond donors (Lipinski definition) is 0. The predicted molar refractivity (Wildman–Crippen MR) is 122 cm³/mol. The van der Waals surface area contributed by atoms with Crippen LogP contribution in [0.1, 0.15) is 86.5 Å². The van der Waals surface area contributed by atoms with Gasteiger partial charge in [0, 0.05) is 0 Å². The Bertz CT molecular complexity index is 600. The maximum atomic E-state index is 2.12. The first-order valence-electron chi connectivity index (χ1n) is 11.4. The Morgan fingerprint density at radius 2 is 1.00 bits per heavy atom. The van der Waals surface area contributed by atoms with Gasteiger partial charge in [-0.05, 0) is 0 Å². The second kappa shape index (κ2) is 16.9. The van der Waals surface area contributed by atoms with E-state index in [1.54, 1.807) is 51.4 Å². The van der Waals surface area contributed by atoms with E-state index in [-0.39, 0.29) is 30.2 Å². The molecule has 2 saturated carbocycles. The summed E-state index contributed by atoms with van der Waals surface area (Å²) in [5.74, 6) is 0. The summed E-state index contributed by atoms with van der Waals surface area (Å²) >= 11 is 1.95. The molecule has 4 heteroatoms. The first-order chi connectivity index (χ1) is 13.5. The van der Waals surface area contributed by atoms with Crippen LogP contribution >= 0.6 is 0 Å². The van der Waals surface area contributed by atoms with Crippen LogP contribution in [0.2, 0.25) is 11.1 Å². The van der Waals surface area contributed by atoms with Crippen LogP contribution in [0.3, 0.4) is 0 Å².